The van der Waals surface area contributed by atoms with E-state index < -0.39 is 22.0 Å². The lowest BCUT2D eigenvalue weighted by Crippen LogP contribution is -2.49. The Labute approximate surface area is 175 Å². The molecular weight excluding hydrogens is 423 g/mol. The maximum Gasteiger partial charge on any atom is 0.244 e. The maximum atomic E-state index is 12.8. The molecule has 6 nitrogen and oxygen atoms in total. The molecule has 0 bridgehead atoms. The molecule has 1 atom stereocenters. The van der Waals surface area contributed by atoms with Crippen LogP contribution in [0.2, 0.25) is 10.0 Å². The van der Waals surface area contributed by atoms with Crippen LogP contribution in [-0.4, -0.2) is 33.7 Å². The number of amides is 1. The number of sulfonamides is 1. The number of nitrogens with zero attached hydrogens (tertiary/aromatic N) is 1. The van der Waals surface area contributed by atoms with Crippen LogP contribution in [0, 0.1) is 0 Å². The largest absolute Gasteiger partial charge is 0.497 e. The Morgan fingerprint density at radius 1 is 1.14 bits per heavy atom. The molecule has 0 aliphatic rings. The third-order valence-corrected chi connectivity index (χ3v) is 6.03. The van der Waals surface area contributed by atoms with Gasteiger partial charge < -0.3 is 10.1 Å². The average Bonchev–Trinajstić information content (AvgIpc) is 2.66. The summed E-state index contributed by atoms with van der Waals surface area (Å²) in [4.78, 5) is 12.8. The van der Waals surface area contributed by atoms with Crippen molar-refractivity contribution in [1.29, 1.82) is 0 Å². The monoisotopic (exact) mass is 444 g/mol. The van der Waals surface area contributed by atoms with Crippen molar-refractivity contribution < 1.29 is 17.9 Å². The van der Waals surface area contributed by atoms with E-state index in [9.17, 15) is 13.2 Å². The summed E-state index contributed by atoms with van der Waals surface area (Å²) in [6.45, 7) is 2.01. The van der Waals surface area contributed by atoms with Crippen LogP contribution in [-0.2, 0) is 21.4 Å². The van der Waals surface area contributed by atoms with E-state index in [1.807, 2.05) is 12.1 Å². The summed E-state index contributed by atoms with van der Waals surface area (Å²) in [5.41, 5.74) is 1.15. The molecule has 2 aromatic rings. The van der Waals surface area contributed by atoms with Crippen molar-refractivity contribution in [2.45, 2.75) is 25.9 Å². The van der Waals surface area contributed by atoms with Crippen LogP contribution in [0.15, 0.2) is 42.5 Å². The standard InChI is InChI=1S/C19H22Cl2N2O4S/c1-4-18(19(24)22-12-13-5-8-15(27-2)9-6-13)23(28(3,25)26)14-7-10-16(20)17(21)11-14/h5-11,18H,4,12H2,1-3H3,(H,22,24)/t18-/m1/s1. The topological polar surface area (TPSA) is 75.7 Å². The molecular formula is C19H22Cl2N2O4S. The second kappa shape index (κ2) is 9.49. The Morgan fingerprint density at radius 2 is 1.79 bits per heavy atom. The first kappa shape index (κ1) is 22.3. The third kappa shape index (κ3) is 5.53. The van der Waals surface area contributed by atoms with Gasteiger partial charge in [0, 0.05) is 6.54 Å². The van der Waals surface area contributed by atoms with Gasteiger partial charge >= 0.3 is 0 Å². The van der Waals surface area contributed by atoms with Crippen molar-refractivity contribution in [3.05, 3.63) is 58.1 Å². The van der Waals surface area contributed by atoms with Gasteiger partial charge in [-0.2, -0.15) is 0 Å². The summed E-state index contributed by atoms with van der Waals surface area (Å²) < 4.78 is 31.0. The van der Waals surface area contributed by atoms with E-state index in [0.717, 1.165) is 16.1 Å². The molecule has 1 amide bonds. The number of nitrogens with one attached hydrogen (secondary N) is 1. The van der Waals surface area contributed by atoms with Crippen LogP contribution < -0.4 is 14.4 Å². The normalized spacial score (nSPS) is 12.3. The summed E-state index contributed by atoms with van der Waals surface area (Å²) in [5.74, 6) is 0.305. The van der Waals surface area contributed by atoms with E-state index >= 15 is 0 Å². The smallest absolute Gasteiger partial charge is 0.244 e. The van der Waals surface area contributed by atoms with Crippen LogP contribution in [0.4, 0.5) is 5.69 Å². The van der Waals surface area contributed by atoms with Gasteiger partial charge in [0.1, 0.15) is 11.8 Å². The van der Waals surface area contributed by atoms with Crippen molar-refractivity contribution in [2.75, 3.05) is 17.7 Å². The molecule has 0 saturated heterocycles. The third-order valence-electron chi connectivity index (χ3n) is 4.11. The summed E-state index contributed by atoms with van der Waals surface area (Å²) in [5, 5.41) is 3.30. The molecule has 0 aliphatic carbocycles. The van der Waals surface area contributed by atoms with Crippen LogP contribution >= 0.6 is 23.2 Å². The molecule has 2 aromatic carbocycles. The van der Waals surface area contributed by atoms with Gasteiger partial charge in [-0.3, -0.25) is 9.10 Å². The zero-order valence-corrected chi connectivity index (χ0v) is 18.1. The summed E-state index contributed by atoms with van der Waals surface area (Å²) in [7, 11) is -2.17. The number of rotatable bonds is 8. The van der Waals surface area contributed by atoms with Gasteiger partial charge in [-0.25, -0.2) is 8.42 Å². The highest BCUT2D eigenvalue weighted by Gasteiger charge is 2.31. The Kier molecular flexibility index (Phi) is 7.57. The number of carbonyl (C=O) groups is 1. The fourth-order valence-electron chi connectivity index (χ4n) is 2.73. The van der Waals surface area contributed by atoms with Gasteiger partial charge in [-0.1, -0.05) is 42.3 Å². The highest BCUT2D eigenvalue weighted by Crippen LogP contribution is 2.30. The minimum atomic E-state index is -3.74. The number of anilines is 1. The molecule has 0 fully saturated rings. The van der Waals surface area contributed by atoms with E-state index in [1.54, 1.807) is 26.2 Å². The second-order valence-corrected chi connectivity index (χ2v) is 8.82. The van der Waals surface area contributed by atoms with Gasteiger partial charge in [-0.15, -0.1) is 0 Å². The summed E-state index contributed by atoms with van der Waals surface area (Å²) >= 11 is 12.0. The number of benzene rings is 2. The maximum absolute atomic E-state index is 12.8. The number of halogens is 2. The van der Waals surface area contributed by atoms with Gasteiger partial charge in [0.25, 0.3) is 0 Å². The minimum absolute atomic E-state index is 0.210. The van der Waals surface area contributed by atoms with E-state index in [4.69, 9.17) is 27.9 Å². The van der Waals surface area contributed by atoms with Gasteiger partial charge in [0.05, 0.1) is 29.1 Å². The molecule has 152 valence electrons. The van der Waals surface area contributed by atoms with E-state index in [1.165, 1.54) is 18.2 Å². The number of ether oxygens (including phenoxy) is 1. The first-order chi connectivity index (χ1) is 13.2. The molecule has 0 unspecified atom stereocenters. The highest BCUT2D eigenvalue weighted by molar-refractivity contribution is 7.92. The van der Waals surface area contributed by atoms with Crippen LogP contribution in [0.3, 0.4) is 0 Å². The Morgan fingerprint density at radius 3 is 2.29 bits per heavy atom. The summed E-state index contributed by atoms with van der Waals surface area (Å²) in [6, 6.07) is 10.8. The second-order valence-electron chi connectivity index (χ2n) is 6.15. The predicted octanol–water partition coefficient (Wildman–Crippen LogP) is 3.86. The SMILES string of the molecule is CC[C@H](C(=O)NCc1ccc(OC)cc1)N(c1ccc(Cl)c(Cl)c1)S(C)(=O)=O. The average molecular weight is 445 g/mol. The number of carbonyl (C=O) groups excluding carboxylic acids is 1. The molecule has 9 heteroatoms. The molecule has 0 saturated carbocycles. The molecule has 0 aliphatic heterocycles. The van der Waals surface area contributed by atoms with Crippen molar-refractivity contribution in [3.63, 3.8) is 0 Å². The van der Waals surface area contributed by atoms with Crippen LogP contribution in [0.25, 0.3) is 0 Å². The van der Waals surface area contributed by atoms with Crippen molar-refractivity contribution in [1.82, 2.24) is 5.32 Å². The molecule has 28 heavy (non-hydrogen) atoms. The van der Waals surface area contributed by atoms with E-state index in [2.05, 4.69) is 5.32 Å². The van der Waals surface area contributed by atoms with Gasteiger partial charge in [0.2, 0.25) is 15.9 Å². The first-order valence-corrected chi connectivity index (χ1v) is 11.1. The Bertz CT molecular complexity index is 933. The van der Waals surface area contributed by atoms with Gasteiger partial charge in [0.15, 0.2) is 0 Å². The zero-order chi connectivity index (χ0) is 20.9. The lowest BCUT2D eigenvalue weighted by Gasteiger charge is -2.30. The van der Waals surface area contributed by atoms with Crippen molar-refractivity contribution >= 4 is 44.8 Å². The van der Waals surface area contributed by atoms with Crippen molar-refractivity contribution in [3.8, 4) is 5.75 Å². The van der Waals surface area contributed by atoms with Gasteiger partial charge in [-0.05, 0) is 42.3 Å². The quantitative estimate of drug-likeness (QED) is 0.670. The molecule has 2 rings (SSSR count). The number of methoxy groups -OCH3 is 1. The zero-order valence-electron chi connectivity index (χ0n) is 15.8. The molecule has 0 spiro atoms. The van der Waals surface area contributed by atoms with Crippen LogP contribution in [0.5, 0.6) is 5.75 Å². The lowest BCUT2D eigenvalue weighted by molar-refractivity contribution is -0.122. The Balaban J connectivity index is 2.24. The van der Waals surface area contributed by atoms with E-state index in [-0.39, 0.29) is 23.7 Å². The first-order valence-electron chi connectivity index (χ1n) is 8.52. The predicted molar refractivity (Wildman–Crippen MR) is 113 cm³/mol. The van der Waals surface area contributed by atoms with E-state index in [0.29, 0.717) is 10.8 Å². The molecule has 0 heterocycles. The number of hydrogen-bond acceptors (Lipinski definition) is 4. The molecule has 0 radical (unpaired) electrons. The summed E-state index contributed by atoms with van der Waals surface area (Å²) in [6.07, 6.45) is 1.33. The number of hydrogen-bond donors (Lipinski definition) is 1. The fourth-order valence-corrected chi connectivity index (χ4v) is 4.23. The molecule has 0 aromatic heterocycles. The fraction of sp³-hybridized carbons (Fsp3) is 0.316. The highest BCUT2D eigenvalue weighted by atomic mass is 35.5. The van der Waals surface area contributed by atoms with Crippen molar-refractivity contribution in [2.24, 2.45) is 0 Å². The van der Waals surface area contributed by atoms with Crippen LogP contribution in [0.1, 0.15) is 18.9 Å². The minimum Gasteiger partial charge on any atom is -0.497 e. The lowest BCUT2D eigenvalue weighted by atomic mass is 10.1. The Hall–Kier alpha value is -1.96. The molecule has 1 N–H and O–H groups in total.